The molecule has 1 atom stereocenters. The quantitative estimate of drug-likeness (QED) is 0.760. The number of hydrogen-bond acceptors (Lipinski definition) is 2. The summed E-state index contributed by atoms with van der Waals surface area (Å²) in [6, 6.07) is 14.9. The first-order valence-electron chi connectivity index (χ1n) is 5.94. The highest BCUT2D eigenvalue weighted by molar-refractivity contribution is 9.10. The SMILES string of the molecule is O=C(O)[C@@H](Cc1cccc(Br)c1)Sc1ccc(Cl)cc1. The Morgan fingerprint density at radius 3 is 2.55 bits per heavy atom. The summed E-state index contributed by atoms with van der Waals surface area (Å²) in [4.78, 5) is 12.3. The lowest BCUT2D eigenvalue weighted by molar-refractivity contribution is -0.136. The van der Waals surface area contributed by atoms with Crippen LogP contribution in [0.1, 0.15) is 5.56 Å². The van der Waals surface area contributed by atoms with Crippen LogP contribution in [0.15, 0.2) is 57.9 Å². The second-order valence-corrected chi connectivity index (χ2v) is 6.86. The smallest absolute Gasteiger partial charge is 0.317 e. The Bertz CT molecular complexity index is 601. The predicted molar refractivity (Wildman–Crippen MR) is 86.6 cm³/mol. The fraction of sp³-hybridized carbons (Fsp3) is 0.133. The van der Waals surface area contributed by atoms with Gasteiger partial charge in [0.2, 0.25) is 0 Å². The molecule has 0 fully saturated rings. The maximum Gasteiger partial charge on any atom is 0.317 e. The lowest BCUT2D eigenvalue weighted by Gasteiger charge is -2.12. The molecule has 2 aromatic rings. The van der Waals surface area contributed by atoms with E-state index in [2.05, 4.69) is 15.9 Å². The van der Waals surface area contributed by atoms with Crippen LogP contribution in [-0.4, -0.2) is 16.3 Å². The van der Waals surface area contributed by atoms with E-state index in [9.17, 15) is 9.90 Å². The zero-order valence-electron chi connectivity index (χ0n) is 10.4. The molecular weight excluding hydrogens is 360 g/mol. The molecule has 2 nitrogen and oxygen atoms in total. The van der Waals surface area contributed by atoms with Gasteiger partial charge in [-0.1, -0.05) is 39.7 Å². The van der Waals surface area contributed by atoms with Crippen molar-refractivity contribution in [3.8, 4) is 0 Å². The summed E-state index contributed by atoms with van der Waals surface area (Å²) < 4.78 is 0.954. The number of carbonyl (C=O) groups is 1. The molecule has 2 aromatic carbocycles. The largest absolute Gasteiger partial charge is 0.480 e. The van der Waals surface area contributed by atoms with Crippen molar-refractivity contribution in [2.75, 3.05) is 0 Å². The molecule has 0 saturated carbocycles. The molecule has 0 saturated heterocycles. The minimum Gasteiger partial charge on any atom is -0.480 e. The molecule has 0 amide bonds. The van der Waals surface area contributed by atoms with Crippen LogP contribution in [-0.2, 0) is 11.2 Å². The molecule has 5 heteroatoms. The minimum absolute atomic E-state index is 0.474. The third-order valence-electron chi connectivity index (χ3n) is 2.68. The van der Waals surface area contributed by atoms with E-state index in [0.29, 0.717) is 11.4 Å². The molecule has 0 aromatic heterocycles. The molecule has 2 rings (SSSR count). The number of thioether (sulfide) groups is 1. The maximum atomic E-state index is 11.4. The fourth-order valence-electron chi connectivity index (χ4n) is 1.73. The van der Waals surface area contributed by atoms with Gasteiger partial charge in [-0.25, -0.2) is 0 Å². The van der Waals surface area contributed by atoms with Crippen molar-refractivity contribution in [2.45, 2.75) is 16.6 Å². The first-order valence-corrected chi connectivity index (χ1v) is 7.99. The lowest BCUT2D eigenvalue weighted by atomic mass is 10.1. The highest BCUT2D eigenvalue weighted by atomic mass is 79.9. The lowest BCUT2D eigenvalue weighted by Crippen LogP contribution is -2.19. The molecule has 0 radical (unpaired) electrons. The number of carboxylic acids is 1. The first-order chi connectivity index (χ1) is 9.54. The summed E-state index contributed by atoms with van der Waals surface area (Å²) in [6.45, 7) is 0. The van der Waals surface area contributed by atoms with Crippen LogP contribution in [0.3, 0.4) is 0 Å². The average molecular weight is 372 g/mol. The van der Waals surface area contributed by atoms with Gasteiger partial charge in [-0.05, 0) is 48.4 Å². The normalized spacial score (nSPS) is 12.1. The van der Waals surface area contributed by atoms with Gasteiger partial charge in [-0.3, -0.25) is 4.79 Å². The van der Waals surface area contributed by atoms with Crippen molar-refractivity contribution in [2.24, 2.45) is 0 Å². The van der Waals surface area contributed by atoms with E-state index < -0.39 is 11.2 Å². The first kappa shape index (κ1) is 15.4. The van der Waals surface area contributed by atoms with Crippen LogP contribution >= 0.6 is 39.3 Å². The van der Waals surface area contributed by atoms with E-state index >= 15 is 0 Å². The number of halogens is 2. The van der Waals surface area contributed by atoms with Crippen molar-refractivity contribution < 1.29 is 9.90 Å². The Hall–Kier alpha value is -0.970. The van der Waals surface area contributed by atoms with Crippen LogP contribution in [0, 0.1) is 0 Å². The van der Waals surface area contributed by atoms with Crippen LogP contribution in [0.2, 0.25) is 5.02 Å². The summed E-state index contributed by atoms with van der Waals surface area (Å²) in [5.41, 5.74) is 0.994. The van der Waals surface area contributed by atoms with Gasteiger partial charge in [0, 0.05) is 14.4 Å². The van der Waals surface area contributed by atoms with E-state index in [-0.39, 0.29) is 0 Å². The number of hydrogen-bond donors (Lipinski definition) is 1. The zero-order chi connectivity index (χ0) is 14.5. The minimum atomic E-state index is -0.815. The van der Waals surface area contributed by atoms with E-state index in [1.165, 1.54) is 11.8 Å². The molecule has 0 heterocycles. The number of aliphatic carboxylic acids is 1. The summed E-state index contributed by atoms with van der Waals surface area (Å²) in [5.74, 6) is -0.815. The molecule has 0 aliphatic carbocycles. The van der Waals surface area contributed by atoms with E-state index in [1.807, 2.05) is 36.4 Å². The van der Waals surface area contributed by atoms with Gasteiger partial charge in [0.15, 0.2) is 0 Å². The van der Waals surface area contributed by atoms with Crippen molar-refractivity contribution in [1.29, 1.82) is 0 Å². The average Bonchev–Trinajstić information content (AvgIpc) is 2.40. The van der Waals surface area contributed by atoms with E-state index in [4.69, 9.17) is 11.6 Å². The van der Waals surface area contributed by atoms with Crippen LogP contribution in [0.25, 0.3) is 0 Å². The molecule has 1 N–H and O–H groups in total. The molecule has 104 valence electrons. The predicted octanol–water partition coefficient (Wildman–Crippen LogP) is 4.89. The van der Waals surface area contributed by atoms with Crippen molar-refractivity contribution in [3.05, 3.63) is 63.6 Å². The maximum absolute atomic E-state index is 11.4. The highest BCUT2D eigenvalue weighted by Crippen LogP contribution is 2.28. The van der Waals surface area contributed by atoms with Crippen LogP contribution in [0.4, 0.5) is 0 Å². The van der Waals surface area contributed by atoms with Gasteiger partial charge in [-0.2, -0.15) is 0 Å². The Morgan fingerprint density at radius 2 is 1.95 bits per heavy atom. The highest BCUT2D eigenvalue weighted by Gasteiger charge is 2.19. The van der Waals surface area contributed by atoms with Gasteiger partial charge >= 0.3 is 5.97 Å². The second kappa shape index (κ2) is 7.16. The molecular formula is C15H12BrClO2S. The van der Waals surface area contributed by atoms with Crippen LogP contribution in [0.5, 0.6) is 0 Å². The zero-order valence-corrected chi connectivity index (χ0v) is 13.6. The Balaban J connectivity index is 2.11. The molecule has 0 spiro atoms. The third kappa shape index (κ3) is 4.54. The van der Waals surface area contributed by atoms with Gasteiger partial charge in [0.1, 0.15) is 5.25 Å². The Kier molecular flexibility index (Phi) is 5.52. The number of benzene rings is 2. The molecule has 0 unspecified atom stereocenters. The molecule has 0 aliphatic rings. The standard InChI is InChI=1S/C15H12BrClO2S/c16-11-3-1-2-10(8-11)9-14(15(18)19)20-13-6-4-12(17)5-7-13/h1-8,14H,9H2,(H,18,19)/t14-/m1/s1. The molecule has 0 aliphatic heterocycles. The Morgan fingerprint density at radius 1 is 1.25 bits per heavy atom. The van der Waals surface area contributed by atoms with Crippen molar-refractivity contribution in [1.82, 2.24) is 0 Å². The molecule has 20 heavy (non-hydrogen) atoms. The monoisotopic (exact) mass is 370 g/mol. The van der Waals surface area contributed by atoms with Gasteiger partial charge in [-0.15, -0.1) is 11.8 Å². The second-order valence-electron chi connectivity index (χ2n) is 4.23. The van der Waals surface area contributed by atoms with E-state index in [1.54, 1.807) is 12.1 Å². The number of carboxylic acid groups (broad SMARTS) is 1. The molecule has 0 bridgehead atoms. The summed E-state index contributed by atoms with van der Waals surface area (Å²) in [6.07, 6.45) is 0.474. The van der Waals surface area contributed by atoms with E-state index in [0.717, 1.165) is 14.9 Å². The van der Waals surface area contributed by atoms with Crippen LogP contribution < -0.4 is 0 Å². The Labute approximate surface area is 135 Å². The summed E-state index contributed by atoms with van der Waals surface area (Å²) >= 11 is 10.6. The fourth-order valence-corrected chi connectivity index (χ4v) is 3.31. The summed E-state index contributed by atoms with van der Waals surface area (Å²) in [5, 5.41) is 9.48. The van der Waals surface area contributed by atoms with Gasteiger partial charge in [0.05, 0.1) is 0 Å². The third-order valence-corrected chi connectivity index (χ3v) is 4.62. The number of rotatable bonds is 5. The van der Waals surface area contributed by atoms with Crippen molar-refractivity contribution in [3.63, 3.8) is 0 Å². The summed E-state index contributed by atoms with van der Waals surface area (Å²) in [7, 11) is 0. The van der Waals surface area contributed by atoms with Gasteiger partial charge in [0.25, 0.3) is 0 Å². The van der Waals surface area contributed by atoms with Crippen molar-refractivity contribution >= 4 is 45.3 Å². The van der Waals surface area contributed by atoms with Gasteiger partial charge < -0.3 is 5.11 Å². The topological polar surface area (TPSA) is 37.3 Å².